The summed E-state index contributed by atoms with van der Waals surface area (Å²) in [6.07, 6.45) is 3.19. The summed E-state index contributed by atoms with van der Waals surface area (Å²) in [7, 11) is 0. The molecule has 0 aliphatic carbocycles. The number of anilines is 1. The monoisotopic (exact) mass is 301 g/mol. The molecule has 2 heterocycles. The summed E-state index contributed by atoms with van der Waals surface area (Å²) in [5, 5.41) is 11.7. The van der Waals surface area contributed by atoms with Crippen LogP contribution in [0, 0.1) is 0 Å². The van der Waals surface area contributed by atoms with Gasteiger partial charge in [-0.05, 0) is 31.2 Å². The van der Waals surface area contributed by atoms with Crippen LogP contribution in [0.15, 0.2) is 36.8 Å². The number of pyridine rings is 1. The number of hydrogen-bond donors (Lipinski definition) is 1. The van der Waals surface area contributed by atoms with Crippen LogP contribution in [0.1, 0.15) is 17.3 Å². The van der Waals surface area contributed by atoms with E-state index in [4.69, 9.17) is 11.6 Å². The van der Waals surface area contributed by atoms with Crippen molar-refractivity contribution in [3.63, 3.8) is 0 Å². The number of carbonyl (C=O) groups excluding carboxylic acids is 1. The van der Waals surface area contributed by atoms with Gasteiger partial charge in [0.1, 0.15) is 6.33 Å². The Bertz CT molecular complexity index is 814. The van der Waals surface area contributed by atoms with Crippen LogP contribution >= 0.6 is 11.6 Å². The molecule has 0 spiro atoms. The molecule has 0 saturated heterocycles. The third-order valence-corrected chi connectivity index (χ3v) is 3.47. The lowest BCUT2D eigenvalue weighted by atomic mass is 10.1. The number of aryl methyl sites for hydroxylation is 1. The van der Waals surface area contributed by atoms with Crippen LogP contribution in [-0.4, -0.2) is 25.7 Å². The molecule has 2 aromatic heterocycles. The van der Waals surface area contributed by atoms with E-state index in [0.717, 1.165) is 5.39 Å². The maximum atomic E-state index is 12.4. The van der Waals surface area contributed by atoms with Crippen molar-refractivity contribution in [2.45, 2.75) is 13.5 Å². The highest BCUT2D eigenvalue weighted by Gasteiger charge is 2.15. The van der Waals surface area contributed by atoms with Gasteiger partial charge < -0.3 is 0 Å². The molecule has 1 aromatic carbocycles. The molecule has 0 aliphatic rings. The Morgan fingerprint density at radius 3 is 3.05 bits per heavy atom. The van der Waals surface area contributed by atoms with Crippen LogP contribution in [0.4, 0.5) is 5.95 Å². The van der Waals surface area contributed by atoms with E-state index in [1.807, 2.05) is 13.0 Å². The smallest absolute Gasteiger partial charge is 0.260 e. The molecule has 0 saturated carbocycles. The average molecular weight is 302 g/mol. The number of hydrogen-bond acceptors (Lipinski definition) is 4. The van der Waals surface area contributed by atoms with Crippen molar-refractivity contribution in [2.24, 2.45) is 0 Å². The van der Waals surface area contributed by atoms with Crippen LogP contribution < -0.4 is 5.32 Å². The highest BCUT2D eigenvalue weighted by molar-refractivity contribution is 6.36. The molecule has 1 amide bonds. The van der Waals surface area contributed by atoms with E-state index in [0.29, 0.717) is 28.6 Å². The van der Waals surface area contributed by atoms with Gasteiger partial charge >= 0.3 is 0 Å². The van der Waals surface area contributed by atoms with E-state index < -0.39 is 0 Å². The van der Waals surface area contributed by atoms with Crippen LogP contribution in [0.25, 0.3) is 10.9 Å². The Morgan fingerprint density at radius 2 is 2.24 bits per heavy atom. The Labute approximate surface area is 125 Å². The number of fused-ring (bicyclic) bond motifs is 1. The highest BCUT2D eigenvalue weighted by atomic mass is 35.5. The minimum atomic E-state index is -0.293. The summed E-state index contributed by atoms with van der Waals surface area (Å²) < 4.78 is 1.74. The fraction of sp³-hybridized carbons (Fsp3) is 0.143. The molecule has 7 heteroatoms. The first-order valence-corrected chi connectivity index (χ1v) is 6.81. The van der Waals surface area contributed by atoms with Gasteiger partial charge in [0, 0.05) is 18.1 Å². The minimum absolute atomic E-state index is 0.293. The van der Waals surface area contributed by atoms with Crippen molar-refractivity contribution in [3.8, 4) is 0 Å². The van der Waals surface area contributed by atoms with Crippen LogP contribution in [-0.2, 0) is 6.54 Å². The third-order valence-electron chi connectivity index (χ3n) is 3.14. The molecule has 3 aromatic rings. The van der Waals surface area contributed by atoms with Gasteiger partial charge in [-0.15, -0.1) is 10.2 Å². The van der Waals surface area contributed by atoms with Gasteiger partial charge in [-0.25, -0.2) is 0 Å². The summed E-state index contributed by atoms with van der Waals surface area (Å²) in [5.41, 5.74) is 1.01. The van der Waals surface area contributed by atoms with Crippen molar-refractivity contribution in [2.75, 3.05) is 5.32 Å². The van der Waals surface area contributed by atoms with Gasteiger partial charge in [-0.3, -0.25) is 19.7 Å². The molecule has 0 radical (unpaired) electrons. The van der Waals surface area contributed by atoms with Gasteiger partial charge in [0.05, 0.1) is 16.1 Å². The predicted molar refractivity (Wildman–Crippen MR) is 80.4 cm³/mol. The minimum Gasteiger partial charge on any atom is -0.300 e. The molecule has 3 rings (SSSR count). The van der Waals surface area contributed by atoms with E-state index in [2.05, 4.69) is 20.5 Å². The Balaban J connectivity index is 2.01. The molecule has 0 bridgehead atoms. The summed E-state index contributed by atoms with van der Waals surface area (Å²) in [6, 6.07) is 6.95. The lowest BCUT2D eigenvalue weighted by Crippen LogP contribution is -2.16. The maximum absolute atomic E-state index is 12.4. The normalized spacial score (nSPS) is 10.8. The van der Waals surface area contributed by atoms with Crippen molar-refractivity contribution >= 4 is 34.4 Å². The van der Waals surface area contributed by atoms with Gasteiger partial charge in [0.2, 0.25) is 5.95 Å². The third kappa shape index (κ3) is 2.45. The van der Waals surface area contributed by atoms with Crippen LogP contribution in [0.5, 0.6) is 0 Å². The zero-order valence-corrected chi connectivity index (χ0v) is 12.0. The molecule has 1 N–H and O–H groups in total. The van der Waals surface area contributed by atoms with Crippen molar-refractivity contribution in [3.05, 3.63) is 47.4 Å². The molecule has 0 fully saturated rings. The Hall–Kier alpha value is -2.47. The van der Waals surface area contributed by atoms with Crippen molar-refractivity contribution < 1.29 is 4.79 Å². The summed E-state index contributed by atoms with van der Waals surface area (Å²) in [4.78, 5) is 16.7. The Kier molecular flexibility index (Phi) is 3.53. The van der Waals surface area contributed by atoms with Gasteiger partial charge in [0.15, 0.2) is 0 Å². The topological polar surface area (TPSA) is 72.7 Å². The lowest BCUT2D eigenvalue weighted by Gasteiger charge is -2.08. The zero-order chi connectivity index (χ0) is 14.8. The van der Waals surface area contributed by atoms with Gasteiger partial charge in [-0.2, -0.15) is 0 Å². The highest BCUT2D eigenvalue weighted by Crippen LogP contribution is 2.25. The van der Waals surface area contributed by atoms with Gasteiger partial charge in [0.25, 0.3) is 5.91 Å². The number of nitrogens with one attached hydrogen (secondary N) is 1. The molecule has 6 nitrogen and oxygen atoms in total. The quantitative estimate of drug-likeness (QED) is 0.807. The number of carbonyl (C=O) groups is 1. The van der Waals surface area contributed by atoms with E-state index in [-0.39, 0.29) is 5.91 Å². The summed E-state index contributed by atoms with van der Waals surface area (Å²) in [5.74, 6) is 0.111. The molecule has 0 unspecified atom stereocenters. The van der Waals surface area contributed by atoms with Gasteiger partial charge in [-0.1, -0.05) is 11.6 Å². The average Bonchev–Trinajstić information content (AvgIpc) is 2.95. The fourth-order valence-corrected chi connectivity index (χ4v) is 2.29. The number of rotatable bonds is 3. The van der Waals surface area contributed by atoms with E-state index in [9.17, 15) is 4.79 Å². The number of nitrogens with zero attached hydrogens (tertiary/aromatic N) is 4. The second kappa shape index (κ2) is 5.49. The standard InChI is InChI=1S/C14H12ClN5O/c1-2-20-8-17-19-14(20)18-13(21)10-5-6-11(15)9-4-3-7-16-12(9)10/h3-8H,2H2,1H3,(H,18,19,21). The van der Waals surface area contributed by atoms with Crippen molar-refractivity contribution in [1.29, 1.82) is 0 Å². The lowest BCUT2D eigenvalue weighted by molar-refractivity contribution is 0.102. The first-order chi connectivity index (χ1) is 10.2. The van der Waals surface area contributed by atoms with Crippen LogP contribution in [0.3, 0.4) is 0 Å². The van der Waals surface area contributed by atoms with E-state index in [1.165, 1.54) is 0 Å². The molecule has 21 heavy (non-hydrogen) atoms. The Morgan fingerprint density at radius 1 is 1.38 bits per heavy atom. The van der Waals surface area contributed by atoms with E-state index in [1.54, 1.807) is 35.3 Å². The first kappa shape index (κ1) is 13.5. The molecule has 106 valence electrons. The predicted octanol–water partition coefficient (Wildman–Crippen LogP) is 2.75. The van der Waals surface area contributed by atoms with E-state index >= 15 is 0 Å². The number of amides is 1. The fourth-order valence-electron chi connectivity index (χ4n) is 2.07. The largest absolute Gasteiger partial charge is 0.300 e. The first-order valence-electron chi connectivity index (χ1n) is 6.43. The maximum Gasteiger partial charge on any atom is 0.260 e. The SMILES string of the molecule is CCn1cnnc1NC(=O)c1ccc(Cl)c2cccnc12. The second-order valence-corrected chi connectivity index (χ2v) is 4.80. The number of aromatic nitrogens is 4. The summed E-state index contributed by atoms with van der Waals surface area (Å²) in [6.45, 7) is 2.61. The molecular weight excluding hydrogens is 290 g/mol. The van der Waals surface area contributed by atoms with Crippen molar-refractivity contribution in [1.82, 2.24) is 19.7 Å². The zero-order valence-electron chi connectivity index (χ0n) is 11.2. The van der Waals surface area contributed by atoms with Crippen LogP contribution in [0.2, 0.25) is 5.02 Å². The second-order valence-electron chi connectivity index (χ2n) is 4.39. The number of benzene rings is 1. The molecule has 0 atom stereocenters. The number of halogens is 1. The molecular formula is C14H12ClN5O. The summed E-state index contributed by atoms with van der Waals surface area (Å²) >= 11 is 6.13. The molecule has 0 aliphatic heterocycles.